The van der Waals surface area contributed by atoms with E-state index in [9.17, 15) is 40.6 Å². The van der Waals surface area contributed by atoms with Gasteiger partial charge in [-0.3, -0.25) is 30.3 Å². The molecular formula is C6H3N3O8Pb. The number of hydrogen-bond acceptors (Lipinski definition) is 8. The second kappa shape index (κ2) is 5.52. The molecule has 11 nitrogen and oxygen atoms in total. The normalized spacial score (nSPS) is 9.33. The van der Waals surface area contributed by atoms with E-state index in [-0.39, 0.29) is 33.4 Å². The molecule has 0 heterocycles. The Morgan fingerprint density at radius 3 is 1.33 bits per heavy atom. The van der Waals surface area contributed by atoms with Crippen LogP contribution in [0, 0.1) is 30.3 Å². The van der Waals surface area contributed by atoms with E-state index in [1.165, 1.54) is 0 Å². The molecule has 0 aliphatic carbocycles. The van der Waals surface area contributed by atoms with E-state index in [1.807, 2.05) is 0 Å². The average Bonchev–Trinajstić information content (AvgIpc) is 2.15. The molecule has 94 valence electrons. The van der Waals surface area contributed by atoms with Crippen LogP contribution in [-0.2, 0) is 0 Å². The summed E-state index contributed by atoms with van der Waals surface area (Å²) >= 11 is 0. The minimum atomic E-state index is -1.75. The van der Waals surface area contributed by atoms with Crippen LogP contribution in [-0.4, -0.2) is 42.1 Å². The van der Waals surface area contributed by atoms with Gasteiger partial charge in [0.25, 0.3) is 17.1 Å². The van der Waals surface area contributed by atoms with Gasteiger partial charge in [-0.1, -0.05) is 0 Å². The molecular weight excluding hydrogens is 449 g/mol. The first-order valence-corrected chi connectivity index (χ1v) is 3.75. The van der Waals surface area contributed by atoms with Gasteiger partial charge in [0, 0.05) is 0 Å². The van der Waals surface area contributed by atoms with E-state index in [0.29, 0.717) is 0 Å². The number of hydrogen-bond donors (Lipinski definition) is 0. The zero-order valence-corrected chi connectivity index (χ0v) is 13.9. The summed E-state index contributed by atoms with van der Waals surface area (Å²) in [6.07, 6.45) is 0. The van der Waals surface area contributed by atoms with Crippen molar-refractivity contribution in [1.82, 2.24) is 0 Å². The maximum absolute atomic E-state index is 11.1. The summed E-state index contributed by atoms with van der Waals surface area (Å²) in [5.41, 5.74) is -4.48. The van der Waals surface area contributed by atoms with Gasteiger partial charge >= 0.3 is 27.3 Å². The van der Waals surface area contributed by atoms with Crippen molar-refractivity contribution in [1.29, 1.82) is 0 Å². The third kappa shape index (κ3) is 2.60. The van der Waals surface area contributed by atoms with E-state index in [1.54, 1.807) is 0 Å². The zero-order valence-electron chi connectivity index (χ0n) is 8.39. The second-order valence-electron chi connectivity index (χ2n) is 2.69. The molecule has 1 aromatic carbocycles. The molecule has 0 fully saturated rings. The molecule has 0 saturated carbocycles. The van der Waals surface area contributed by atoms with Gasteiger partial charge < -0.3 is 10.2 Å². The van der Waals surface area contributed by atoms with E-state index in [0.717, 1.165) is 0 Å². The fraction of sp³-hybridized carbons (Fsp3) is 0. The van der Waals surface area contributed by atoms with E-state index in [2.05, 4.69) is 0 Å². The van der Waals surface area contributed by atoms with E-state index in [4.69, 9.17) is 0 Å². The Kier molecular flexibility index (Phi) is 4.89. The molecule has 0 saturated heterocycles. The topological polar surface area (TPSA) is 176 Å². The van der Waals surface area contributed by atoms with Crippen LogP contribution in [0.4, 0.5) is 17.1 Å². The fourth-order valence-electron chi connectivity index (χ4n) is 1.04. The average molecular weight is 452 g/mol. The molecule has 1 rings (SSSR count). The monoisotopic (exact) mass is 453 g/mol. The Bertz CT molecular complexity index is 506. The van der Waals surface area contributed by atoms with Crippen molar-refractivity contribution in [3.63, 3.8) is 0 Å². The predicted octanol–water partition coefficient (Wildman–Crippen LogP) is -1.36. The summed E-state index contributed by atoms with van der Waals surface area (Å²) in [6.45, 7) is 0. The molecule has 12 heteroatoms. The van der Waals surface area contributed by atoms with Crippen molar-refractivity contribution < 1.29 is 25.0 Å². The quantitative estimate of drug-likeness (QED) is 0.307. The Hall–Kier alpha value is -2.06. The van der Waals surface area contributed by atoms with Gasteiger partial charge in [-0.25, -0.2) is 0 Å². The summed E-state index contributed by atoms with van der Waals surface area (Å²) in [5.74, 6) is -3.51. The van der Waals surface area contributed by atoms with Crippen molar-refractivity contribution in [2.45, 2.75) is 0 Å². The Balaban J connectivity index is 0.00000289. The number of nitro benzene ring substituents is 3. The van der Waals surface area contributed by atoms with Gasteiger partial charge in [-0.15, -0.1) is 0 Å². The molecule has 0 atom stereocenters. The van der Waals surface area contributed by atoms with Crippen molar-refractivity contribution in [3.8, 4) is 11.5 Å². The number of nitro groups is 3. The van der Waals surface area contributed by atoms with Crippen LogP contribution in [0.1, 0.15) is 0 Å². The van der Waals surface area contributed by atoms with Crippen LogP contribution in [0.25, 0.3) is 0 Å². The standard InChI is InChI=1S/C6H3N3O8.Pb.2H/c10-5-2(7(12)13)1-3(8(14)15)6(11)4(5)9(16)17;;;/h1,10-11H;;;/q;+2;;/p-2. The molecule has 0 unspecified atom stereocenters. The number of rotatable bonds is 3. The van der Waals surface area contributed by atoms with Crippen LogP contribution in [0.2, 0.25) is 0 Å². The van der Waals surface area contributed by atoms with Crippen molar-refractivity contribution in [2.24, 2.45) is 0 Å². The van der Waals surface area contributed by atoms with Gasteiger partial charge in [-0.2, -0.15) is 0 Å². The molecule has 0 amide bonds. The first-order valence-electron chi connectivity index (χ1n) is 3.75. The Morgan fingerprint density at radius 1 is 0.778 bits per heavy atom. The zero-order chi connectivity index (χ0) is 13.3. The van der Waals surface area contributed by atoms with Gasteiger partial charge in [0.2, 0.25) is 0 Å². The molecule has 18 heavy (non-hydrogen) atoms. The van der Waals surface area contributed by atoms with Crippen LogP contribution in [0.15, 0.2) is 6.07 Å². The first kappa shape index (κ1) is 15.9. The van der Waals surface area contributed by atoms with Crippen LogP contribution < -0.4 is 10.2 Å². The van der Waals surface area contributed by atoms with E-state index < -0.39 is 43.3 Å². The molecule has 0 radical (unpaired) electrons. The van der Waals surface area contributed by atoms with Crippen LogP contribution >= 0.6 is 0 Å². The van der Waals surface area contributed by atoms with Gasteiger partial charge in [-0.05, 0) is 0 Å². The second-order valence-corrected chi connectivity index (χ2v) is 2.69. The van der Waals surface area contributed by atoms with Gasteiger partial charge in [0.05, 0.1) is 32.3 Å². The number of benzene rings is 1. The molecule has 0 aromatic heterocycles. The molecule has 0 spiro atoms. The molecule has 0 aliphatic heterocycles. The molecule has 0 N–H and O–H groups in total. The van der Waals surface area contributed by atoms with Crippen molar-refractivity contribution in [3.05, 3.63) is 36.4 Å². The van der Waals surface area contributed by atoms with Gasteiger partial charge in [0.1, 0.15) is 0 Å². The molecule has 0 bridgehead atoms. The molecule has 0 aliphatic rings. The minimum absolute atomic E-state index is 0. The summed E-state index contributed by atoms with van der Waals surface area (Å²) in [6, 6.07) is 0.109. The van der Waals surface area contributed by atoms with Gasteiger partial charge in [0.15, 0.2) is 0 Å². The van der Waals surface area contributed by atoms with Crippen LogP contribution in [0.3, 0.4) is 0 Å². The summed E-state index contributed by atoms with van der Waals surface area (Å²) < 4.78 is 0. The summed E-state index contributed by atoms with van der Waals surface area (Å²) in [5, 5.41) is 53.3. The van der Waals surface area contributed by atoms with Crippen LogP contribution in [0.5, 0.6) is 11.5 Å². The maximum atomic E-state index is 11.1. The third-order valence-electron chi connectivity index (χ3n) is 1.74. The first-order chi connectivity index (χ1) is 7.77. The van der Waals surface area contributed by atoms with Crippen molar-refractivity contribution in [2.75, 3.05) is 0 Å². The Labute approximate surface area is 117 Å². The molecule has 1 aromatic rings. The summed E-state index contributed by atoms with van der Waals surface area (Å²) in [7, 11) is 0. The van der Waals surface area contributed by atoms with E-state index >= 15 is 0 Å². The fourth-order valence-corrected chi connectivity index (χ4v) is 1.04. The van der Waals surface area contributed by atoms with Crippen molar-refractivity contribution >= 4 is 44.4 Å². The Morgan fingerprint density at radius 2 is 1.11 bits per heavy atom. The predicted molar refractivity (Wildman–Crippen MR) is 53.8 cm³/mol. The third-order valence-corrected chi connectivity index (χ3v) is 1.74. The SMILES string of the molecule is O=[N+]([O-])c1cc([N+](=O)[O-])c([O-])c([N+](=O)[O-])c1[O-].[PbH2+2]. The summed E-state index contributed by atoms with van der Waals surface area (Å²) in [4.78, 5) is 26.9. The number of nitrogens with zero attached hydrogens (tertiary/aromatic N) is 3.